The van der Waals surface area contributed by atoms with Crippen LogP contribution in [0.25, 0.3) is 0 Å². The Morgan fingerprint density at radius 2 is 1.11 bits per heavy atom. The molecule has 0 spiro atoms. The summed E-state index contributed by atoms with van der Waals surface area (Å²) in [6.45, 7) is 12.9. The largest absolute Gasteiger partial charge is 0.347 e. The molecule has 0 aromatic rings. The average molecular weight is 258 g/mol. The van der Waals surface area contributed by atoms with E-state index in [0.29, 0.717) is 13.2 Å². The van der Waals surface area contributed by atoms with Crippen molar-refractivity contribution in [3.8, 4) is 0 Å². The van der Waals surface area contributed by atoms with Gasteiger partial charge in [0.15, 0.2) is 11.6 Å². The molecular formula is C14H26O4. The predicted octanol–water partition coefficient (Wildman–Crippen LogP) is 2.87. The van der Waals surface area contributed by atoms with Crippen molar-refractivity contribution in [3.05, 3.63) is 12.2 Å². The first-order valence-corrected chi connectivity index (χ1v) is 6.68. The zero-order valence-corrected chi connectivity index (χ0v) is 12.4. The Kier molecular flexibility index (Phi) is 5.34. The van der Waals surface area contributed by atoms with Gasteiger partial charge in [0.05, 0.1) is 13.2 Å². The fourth-order valence-corrected chi connectivity index (χ4v) is 1.87. The van der Waals surface area contributed by atoms with E-state index in [2.05, 4.69) is 0 Å². The molecule has 0 saturated carbocycles. The molecule has 0 N–H and O–H groups in total. The molecule has 2 aliphatic rings. The van der Waals surface area contributed by atoms with Crippen LogP contribution in [0, 0.1) is 0 Å². The quantitative estimate of drug-likeness (QED) is 0.714. The summed E-state index contributed by atoms with van der Waals surface area (Å²) in [5, 5.41) is 0. The van der Waals surface area contributed by atoms with Gasteiger partial charge in [0.25, 0.3) is 0 Å². The molecule has 2 saturated heterocycles. The van der Waals surface area contributed by atoms with Crippen molar-refractivity contribution in [3.63, 3.8) is 0 Å². The molecule has 106 valence electrons. The van der Waals surface area contributed by atoms with E-state index in [9.17, 15) is 0 Å². The first kappa shape index (κ1) is 15.6. The van der Waals surface area contributed by atoms with Gasteiger partial charge in [0.2, 0.25) is 0 Å². The van der Waals surface area contributed by atoms with Crippen LogP contribution in [0.15, 0.2) is 12.2 Å². The lowest BCUT2D eigenvalue weighted by Crippen LogP contribution is -2.21. The third-order valence-electron chi connectivity index (χ3n) is 2.60. The predicted molar refractivity (Wildman–Crippen MR) is 70.3 cm³/mol. The topological polar surface area (TPSA) is 36.9 Å². The van der Waals surface area contributed by atoms with E-state index in [0.717, 1.165) is 0 Å². The Morgan fingerprint density at radius 1 is 0.778 bits per heavy atom. The Morgan fingerprint density at radius 3 is 1.33 bits per heavy atom. The minimum atomic E-state index is -0.471. The second-order valence-corrected chi connectivity index (χ2v) is 5.12. The van der Waals surface area contributed by atoms with Crippen LogP contribution in [0.4, 0.5) is 0 Å². The minimum Gasteiger partial charge on any atom is -0.347 e. The highest BCUT2D eigenvalue weighted by atomic mass is 16.7. The molecule has 0 aliphatic carbocycles. The van der Waals surface area contributed by atoms with Gasteiger partial charge >= 0.3 is 0 Å². The van der Waals surface area contributed by atoms with Crippen molar-refractivity contribution < 1.29 is 18.9 Å². The molecule has 0 unspecified atom stereocenters. The number of rotatable bonds is 2. The summed E-state index contributed by atoms with van der Waals surface area (Å²) in [6, 6.07) is 0. The summed E-state index contributed by atoms with van der Waals surface area (Å²) in [6.07, 6.45) is 4.01. The van der Waals surface area contributed by atoms with Crippen LogP contribution in [-0.2, 0) is 18.9 Å². The molecule has 0 aromatic heterocycles. The second-order valence-electron chi connectivity index (χ2n) is 5.12. The molecule has 0 bridgehead atoms. The SMILES string of the molecule is CC.CC1(C)OC[C@H](/C=C/[C@H]2COC(C)(C)O2)O1. The van der Waals surface area contributed by atoms with Crippen molar-refractivity contribution in [2.45, 2.75) is 65.3 Å². The van der Waals surface area contributed by atoms with Gasteiger partial charge in [-0.05, 0) is 27.7 Å². The van der Waals surface area contributed by atoms with Gasteiger partial charge in [-0.25, -0.2) is 0 Å². The monoisotopic (exact) mass is 258 g/mol. The molecular weight excluding hydrogens is 232 g/mol. The molecule has 0 aromatic carbocycles. The Balaban J connectivity index is 0.000000771. The van der Waals surface area contributed by atoms with Crippen LogP contribution >= 0.6 is 0 Å². The van der Waals surface area contributed by atoms with Gasteiger partial charge in [0.1, 0.15) is 12.2 Å². The number of hydrogen-bond donors (Lipinski definition) is 0. The lowest BCUT2D eigenvalue weighted by atomic mass is 10.2. The molecule has 2 atom stereocenters. The lowest BCUT2D eigenvalue weighted by molar-refractivity contribution is -0.135. The van der Waals surface area contributed by atoms with E-state index < -0.39 is 11.6 Å². The molecule has 2 rings (SSSR count). The normalized spacial score (nSPS) is 33.4. The Hall–Kier alpha value is -0.420. The summed E-state index contributed by atoms with van der Waals surface area (Å²) in [5.41, 5.74) is 0. The second kappa shape index (κ2) is 6.15. The summed E-state index contributed by atoms with van der Waals surface area (Å²) in [7, 11) is 0. The van der Waals surface area contributed by atoms with Gasteiger partial charge in [-0.2, -0.15) is 0 Å². The number of ether oxygens (including phenoxy) is 4. The molecule has 18 heavy (non-hydrogen) atoms. The fourth-order valence-electron chi connectivity index (χ4n) is 1.87. The van der Waals surface area contributed by atoms with Crippen LogP contribution in [0.3, 0.4) is 0 Å². The fraction of sp³-hybridized carbons (Fsp3) is 0.857. The third kappa shape index (κ3) is 4.69. The van der Waals surface area contributed by atoms with Crippen LogP contribution < -0.4 is 0 Å². The summed E-state index contributed by atoms with van der Waals surface area (Å²) in [4.78, 5) is 0. The van der Waals surface area contributed by atoms with Crippen molar-refractivity contribution in [2.75, 3.05) is 13.2 Å². The lowest BCUT2D eigenvalue weighted by Gasteiger charge is -2.16. The Bertz CT molecular complexity index is 256. The standard InChI is InChI=1S/C12H20O4.C2H6/c1-11(2)13-7-9(15-11)5-6-10-8-14-12(3,4)16-10;1-2/h5-6,9-10H,7-8H2,1-4H3;1-2H3/b6-5+;/t9-,10-;/m0./s1. The Labute approximate surface area is 110 Å². The first-order chi connectivity index (χ1) is 8.36. The minimum absolute atomic E-state index is 0.0160. The summed E-state index contributed by atoms with van der Waals surface area (Å²) >= 11 is 0. The van der Waals surface area contributed by atoms with Crippen LogP contribution in [0.1, 0.15) is 41.5 Å². The smallest absolute Gasteiger partial charge is 0.163 e. The highest BCUT2D eigenvalue weighted by Gasteiger charge is 2.33. The van der Waals surface area contributed by atoms with Gasteiger partial charge < -0.3 is 18.9 Å². The maximum absolute atomic E-state index is 5.66. The summed E-state index contributed by atoms with van der Waals surface area (Å²) in [5.74, 6) is -0.942. The maximum Gasteiger partial charge on any atom is 0.163 e. The van der Waals surface area contributed by atoms with Gasteiger partial charge in [-0.1, -0.05) is 26.0 Å². The van der Waals surface area contributed by atoms with Crippen LogP contribution in [0.5, 0.6) is 0 Å². The van der Waals surface area contributed by atoms with E-state index in [1.165, 1.54) is 0 Å². The molecule has 0 amide bonds. The van der Waals surface area contributed by atoms with Gasteiger partial charge in [-0.3, -0.25) is 0 Å². The van der Waals surface area contributed by atoms with E-state index in [4.69, 9.17) is 18.9 Å². The number of hydrogen-bond acceptors (Lipinski definition) is 4. The van der Waals surface area contributed by atoms with Crippen molar-refractivity contribution in [1.82, 2.24) is 0 Å². The summed E-state index contributed by atoms with van der Waals surface area (Å²) < 4.78 is 22.2. The highest BCUT2D eigenvalue weighted by Crippen LogP contribution is 2.25. The van der Waals surface area contributed by atoms with Crippen molar-refractivity contribution in [1.29, 1.82) is 0 Å². The van der Waals surface area contributed by atoms with Gasteiger partial charge in [0, 0.05) is 0 Å². The maximum atomic E-state index is 5.66. The van der Waals surface area contributed by atoms with E-state index in [1.54, 1.807) is 0 Å². The van der Waals surface area contributed by atoms with Crippen LogP contribution in [-0.4, -0.2) is 37.0 Å². The van der Waals surface area contributed by atoms with Crippen molar-refractivity contribution >= 4 is 0 Å². The first-order valence-electron chi connectivity index (χ1n) is 6.68. The van der Waals surface area contributed by atoms with E-state index in [-0.39, 0.29) is 12.2 Å². The molecule has 2 fully saturated rings. The van der Waals surface area contributed by atoms with E-state index >= 15 is 0 Å². The molecule has 4 heteroatoms. The average Bonchev–Trinajstić information content (AvgIpc) is 2.81. The molecule has 0 radical (unpaired) electrons. The van der Waals surface area contributed by atoms with Crippen LogP contribution in [0.2, 0.25) is 0 Å². The highest BCUT2D eigenvalue weighted by molar-refractivity contribution is 4.99. The van der Waals surface area contributed by atoms with Gasteiger partial charge in [-0.15, -0.1) is 0 Å². The molecule has 4 nitrogen and oxygen atoms in total. The third-order valence-corrected chi connectivity index (χ3v) is 2.60. The molecule has 2 heterocycles. The zero-order chi connectivity index (χ0) is 13.8. The van der Waals surface area contributed by atoms with Crippen molar-refractivity contribution in [2.24, 2.45) is 0 Å². The zero-order valence-electron chi connectivity index (χ0n) is 12.4. The molecule has 2 aliphatic heterocycles. The van der Waals surface area contributed by atoms with E-state index in [1.807, 2.05) is 53.7 Å².